The van der Waals surface area contributed by atoms with Crippen LogP contribution >= 0.6 is 12.4 Å². The van der Waals surface area contributed by atoms with Gasteiger partial charge in [0.15, 0.2) is 0 Å². The fourth-order valence-corrected chi connectivity index (χ4v) is 2.30. The van der Waals surface area contributed by atoms with Crippen molar-refractivity contribution in [3.63, 3.8) is 0 Å². The van der Waals surface area contributed by atoms with Crippen molar-refractivity contribution in [1.82, 2.24) is 4.90 Å². The van der Waals surface area contributed by atoms with Crippen LogP contribution in [0.15, 0.2) is 24.3 Å². The van der Waals surface area contributed by atoms with E-state index in [1.807, 2.05) is 24.3 Å². The molecule has 2 rings (SSSR count). The Kier molecular flexibility index (Phi) is 6.95. The van der Waals surface area contributed by atoms with Gasteiger partial charge in [0.2, 0.25) is 0 Å². The number of amides is 1. The molecule has 0 radical (unpaired) electrons. The molecule has 1 aromatic carbocycles. The topological polar surface area (TPSA) is 64.8 Å². The molecule has 1 amide bonds. The number of rotatable bonds is 5. The van der Waals surface area contributed by atoms with Crippen LogP contribution in [0.4, 0.5) is 0 Å². The standard InChI is InChI=1S/C15H22N2O3.ClH/c1-11(15(18)17-7-6-13(16)9-17)20-10-12-4-3-5-14(8-12)19-2;/h3-5,8,11,13H,6-7,9-10,16H2,1-2H3;1H/t11?,13-;/m1./s1. The Hall–Kier alpha value is -1.30. The highest BCUT2D eigenvalue weighted by molar-refractivity contribution is 5.85. The molecule has 0 bridgehead atoms. The lowest BCUT2D eigenvalue weighted by Gasteiger charge is -2.21. The molecule has 1 aliphatic rings. The highest BCUT2D eigenvalue weighted by atomic mass is 35.5. The van der Waals surface area contributed by atoms with Gasteiger partial charge in [0.05, 0.1) is 13.7 Å². The highest BCUT2D eigenvalue weighted by Gasteiger charge is 2.27. The molecule has 1 aliphatic heterocycles. The Bertz CT molecular complexity index is 470. The number of methoxy groups -OCH3 is 1. The zero-order valence-corrected chi connectivity index (χ0v) is 13.3. The first-order valence-electron chi connectivity index (χ1n) is 6.89. The van der Waals surface area contributed by atoms with Crippen molar-refractivity contribution >= 4 is 18.3 Å². The van der Waals surface area contributed by atoms with E-state index in [1.165, 1.54) is 0 Å². The molecule has 1 fully saturated rings. The van der Waals surface area contributed by atoms with E-state index in [0.717, 1.165) is 24.3 Å². The van der Waals surface area contributed by atoms with Crippen molar-refractivity contribution < 1.29 is 14.3 Å². The first-order valence-corrected chi connectivity index (χ1v) is 6.89. The van der Waals surface area contributed by atoms with Crippen molar-refractivity contribution in [1.29, 1.82) is 0 Å². The van der Waals surface area contributed by atoms with Crippen LogP contribution in [0.5, 0.6) is 5.75 Å². The molecule has 1 unspecified atom stereocenters. The summed E-state index contributed by atoms with van der Waals surface area (Å²) < 4.78 is 10.8. The molecule has 118 valence electrons. The summed E-state index contributed by atoms with van der Waals surface area (Å²) in [5.41, 5.74) is 6.80. The van der Waals surface area contributed by atoms with Gasteiger partial charge < -0.3 is 20.1 Å². The third-order valence-corrected chi connectivity index (χ3v) is 3.52. The van der Waals surface area contributed by atoms with Gasteiger partial charge in [0.25, 0.3) is 5.91 Å². The number of carbonyl (C=O) groups excluding carboxylic acids is 1. The summed E-state index contributed by atoms with van der Waals surface area (Å²) in [6, 6.07) is 7.74. The van der Waals surface area contributed by atoms with Crippen molar-refractivity contribution in [3.8, 4) is 5.75 Å². The SMILES string of the molecule is COc1cccc(COC(C)C(=O)N2CC[C@@H](N)C2)c1.Cl. The first kappa shape index (κ1) is 17.8. The van der Waals surface area contributed by atoms with E-state index in [1.54, 1.807) is 18.9 Å². The predicted octanol–water partition coefficient (Wildman–Crippen LogP) is 1.58. The minimum Gasteiger partial charge on any atom is -0.497 e. The number of likely N-dealkylation sites (tertiary alicyclic amines) is 1. The highest BCUT2D eigenvalue weighted by Crippen LogP contribution is 2.15. The zero-order chi connectivity index (χ0) is 14.5. The second-order valence-electron chi connectivity index (χ2n) is 5.14. The van der Waals surface area contributed by atoms with Crippen LogP contribution < -0.4 is 10.5 Å². The Morgan fingerprint density at radius 3 is 2.90 bits per heavy atom. The summed E-state index contributed by atoms with van der Waals surface area (Å²) in [6.07, 6.45) is 0.417. The lowest BCUT2D eigenvalue weighted by atomic mass is 10.2. The Morgan fingerprint density at radius 2 is 2.29 bits per heavy atom. The van der Waals surface area contributed by atoms with Gasteiger partial charge in [-0.3, -0.25) is 4.79 Å². The van der Waals surface area contributed by atoms with Gasteiger partial charge in [0.1, 0.15) is 11.9 Å². The van der Waals surface area contributed by atoms with E-state index in [-0.39, 0.29) is 24.4 Å². The van der Waals surface area contributed by atoms with Gasteiger partial charge in [-0.2, -0.15) is 0 Å². The number of benzene rings is 1. The van der Waals surface area contributed by atoms with Gasteiger partial charge in [-0.05, 0) is 31.0 Å². The zero-order valence-electron chi connectivity index (χ0n) is 12.5. The predicted molar refractivity (Wildman–Crippen MR) is 83.7 cm³/mol. The fourth-order valence-electron chi connectivity index (χ4n) is 2.30. The summed E-state index contributed by atoms with van der Waals surface area (Å²) in [5, 5.41) is 0. The molecular formula is C15H23ClN2O3. The van der Waals surface area contributed by atoms with E-state index in [2.05, 4.69) is 0 Å². The molecule has 6 heteroatoms. The van der Waals surface area contributed by atoms with Gasteiger partial charge >= 0.3 is 0 Å². The summed E-state index contributed by atoms with van der Waals surface area (Å²) in [6.45, 7) is 3.54. The lowest BCUT2D eigenvalue weighted by Crippen LogP contribution is -2.39. The summed E-state index contributed by atoms with van der Waals surface area (Å²) >= 11 is 0. The maximum Gasteiger partial charge on any atom is 0.251 e. The average molecular weight is 315 g/mol. The van der Waals surface area contributed by atoms with Crippen LogP contribution in [-0.4, -0.2) is 43.2 Å². The van der Waals surface area contributed by atoms with Gasteiger partial charge in [-0.15, -0.1) is 12.4 Å². The molecule has 2 atom stereocenters. The van der Waals surface area contributed by atoms with Crippen molar-refractivity contribution in [2.24, 2.45) is 5.73 Å². The smallest absolute Gasteiger partial charge is 0.251 e. The quantitative estimate of drug-likeness (QED) is 0.896. The van der Waals surface area contributed by atoms with Gasteiger partial charge in [-0.1, -0.05) is 12.1 Å². The normalized spacial score (nSPS) is 19.0. The van der Waals surface area contributed by atoms with Crippen molar-refractivity contribution in [3.05, 3.63) is 29.8 Å². The van der Waals surface area contributed by atoms with Crippen LogP contribution in [0, 0.1) is 0 Å². The molecule has 1 aromatic rings. The Balaban J connectivity index is 0.00000220. The number of hydrogen-bond donors (Lipinski definition) is 1. The van der Waals surface area contributed by atoms with Crippen molar-refractivity contribution in [2.75, 3.05) is 20.2 Å². The summed E-state index contributed by atoms with van der Waals surface area (Å²) in [5.74, 6) is 0.802. The molecule has 1 saturated heterocycles. The lowest BCUT2D eigenvalue weighted by molar-refractivity contribution is -0.142. The number of hydrogen-bond acceptors (Lipinski definition) is 4. The number of halogens is 1. The van der Waals surface area contributed by atoms with E-state index < -0.39 is 6.10 Å². The maximum atomic E-state index is 12.2. The number of nitrogens with two attached hydrogens (primary N) is 1. The first-order chi connectivity index (χ1) is 9.60. The molecule has 2 N–H and O–H groups in total. The molecule has 0 saturated carbocycles. The van der Waals surface area contributed by atoms with Crippen LogP contribution in [0.1, 0.15) is 18.9 Å². The minimum atomic E-state index is -0.452. The van der Waals surface area contributed by atoms with Crippen LogP contribution in [-0.2, 0) is 16.1 Å². The van der Waals surface area contributed by atoms with Gasteiger partial charge in [-0.25, -0.2) is 0 Å². The minimum absolute atomic E-state index is 0. The molecule has 0 spiro atoms. The van der Waals surface area contributed by atoms with Crippen LogP contribution in [0.3, 0.4) is 0 Å². The monoisotopic (exact) mass is 314 g/mol. The molecule has 1 heterocycles. The third kappa shape index (κ3) is 4.88. The van der Waals surface area contributed by atoms with E-state index in [4.69, 9.17) is 15.2 Å². The Labute approximate surface area is 131 Å². The van der Waals surface area contributed by atoms with E-state index in [0.29, 0.717) is 13.2 Å². The summed E-state index contributed by atoms with van der Waals surface area (Å²) in [7, 11) is 1.63. The maximum absolute atomic E-state index is 12.2. The summed E-state index contributed by atoms with van der Waals surface area (Å²) in [4.78, 5) is 13.9. The molecule has 0 aromatic heterocycles. The molecular weight excluding hydrogens is 292 g/mol. The van der Waals surface area contributed by atoms with Crippen LogP contribution in [0.25, 0.3) is 0 Å². The second kappa shape index (κ2) is 8.22. The second-order valence-corrected chi connectivity index (χ2v) is 5.14. The largest absolute Gasteiger partial charge is 0.497 e. The number of carbonyl (C=O) groups is 1. The van der Waals surface area contributed by atoms with Gasteiger partial charge in [0, 0.05) is 19.1 Å². The van der Waals surface area contributed by atoms with E-state index in [9.17, 15) is 4.79 Å². The average Bonchev–Trinajstić information content (AvgIpc) is 2.90. The number of nitrogens with zero attached hydrogens (tertiary/aromatic N) is 1. The fraction of sp³-hybridized carbons (Fsp3) is 0.533. The molecule has 0 aliphatic carbocycles. The van der Waals surface area contributed by atoms with Crippen LogP contribution in [0.2, 0.25) is 0 Å². The third-order valence-electron chi connectivity index (χ3n) is 3.52. The number of ether oxygens (including phenoxy) is 2. The van der Waals surface area contributed by atoms with Crippen molar-refractivity contribution in [2.45, 2.75) is 32.1 Å². The molecule has 21 heavy (non-hydrogen) atoms. The Morgan fingerprint density at radius 1 is 1.52 bits per heavy atom. The molecule has 5 nitrogen and oxygen atoms in total. The van der Waals surface area contributed by atoms with E-state index >= 15 is 0 Å².